The SMILES string of the molecule is NC(=O)C[C@H](NC(=O)OCC1c2ccccc2-c2ccccc21)C(N)=O. The predicted octanol–water partition coefficient (Wildman–Crippen LogP) is 1.25. The lowest BCUT2D eigenvalue weighted by Gasteiger charge is -2.17. The van der Waals surface area contributed by atoms with Gasteiger partial charge in [0.05, 0.1) is 6.42 Å². The number of fused-ring (bicyclic) bond motifs is 3. The Morgan fingerprint density at radius 1 is 0.962 bits per heavy atom. The molecule has 0 aromatic heterocycles. The summed E-state index contributed by atoms with van der Waals surface area (Å²) in [7, 11) is 0. The maximum absolute atomic E-state index is 12.0. The van der Waals surface area contributed by atoms with E-state index in [0.29, 0.717) is 0 Å². The van der Waals surface area contributed by atoms with Crippen molar-refractivity contribution in [2.24, 2.45) is 11.5 Å². The second-order valence-electron chi connectivity index (χ2n) is 6.10. The Morgan fingerprint density at radius 2 is 1.50 bits per heavy atom. The Bertz CT molecular complexity index is 820. The maximum Gasteiger partial charge on any atom is 0.407 e. The molecular formula is C19H19N3O4. The normalized spacial score (nSPS) is 13.4. The van der Waals surface area contributed by atoms with Crippen LogP contribution in [-0.2, 0) is 14.3 Å². The Balaban J connectivity index is 1.71. The molecular weight excluding hydrogens is 334 g/mol. The number of hydrogen-bond acceptors (Lipinski definition) is 4. The van der Waals surface area contributed by atoms with E-state index in [-0.39, 0.29) is 18.9 Å². The number of benzene rings is 2. The first-order valence-corrected chi connectivity index (χ1v) is 8.16. The number of carbonyl (C=O) groups excluding carboxylic acids is 3. The van der Waals surface area contributed by atoms with Crippen LogP contribution in [0.25, 0.3) is 11.1 Å². The fourth-order valence-corrected chi connectivity index (χ4v) is 3.21. The standard InChI is InChI=1S/C19H19N3O4/c20-17(23)9-16(18(21)24)22-19(25)26-10-15-13-7-3-1-5-11(13)12-6-2-4-8-14(12)15/h1-8,15-16H,9-10H2,(H2,20,23)(H2,21,24)(H,22,25)/t16-/m0/s1. The molecule has 26 heavy (non-hydrogen) atoms. The molecule has 2 aromatic rings. The Kier molecular flexibility index (Phi) is 4.88. The third-order valence-electron chi connectivity index (χ3n) is 4.38. The molecule has 1 aliphatic carbocycles. The van der Waals surface area contributed by atoms with Crippen LogP contribution in [0.15, 0.2) is 48.5 Å². The number of carbonyl (C=O) groups is 3. The number of amides is 3. The smallest absolute Gasteiger partial charge is 0.407 e. The highest BCUT2D eigenvalue weighted by Crippen LogP contribution is 2.44. The minimum Gasteiger partial charge on any atom is -0.449 e. The third kappa shape index (κ3) is 3.51. The van der Waals surface area contributed by atoms with Crippen molar-refractivity contribution in [3.63, 3.8) is 0 Å². The number of ether oxygens (including phenoxy) is 1. The minimum absolute atomic E-state index is 0.0991. The van der Waals surface area contributed by atoms with Gasteiger partial charge in [0.2, 0.25) is 11.8 Å². The van der Waals surface area contributed by atoms with Crippen LogP contribution < -0.4 is 16.8 Å². The van der Waals surface area contributed by atoms with E-state index in [9.17, 15) is 14.4 Å². The first-order chi connectivity index (χ1) is 12.5. The van der Waals surface area contributed by atoms with Crippen LogP contribution in [0.1, 0.15) is 23.5 Å². The molecule has 5 N–H and O–H groups in total. The summed E-state index contributed by atoms with van der Waals surface area (Å²) >= 11 is 0. The largest absolute Gasteiger partial charge is 0.449 e. The van der Waals surface area contributed by atoms with Crippen LogP contribution in [0.3, 0.4) is 0 Å². The molecule has 1 aliphatic rings. The highest BCUT2D eigenvalue weighted by Gasteiger charge is 2.29. The van der Waals surface area contributed by atoms with Gasteiger partial charge in [-0.1, -0.05) is 48.5 Å². The predicted molar refractivity (Wildman–Crippen MR) is 95.0 cm³/mol. The summed E-state index contributed by atoms with van der Waals surface area (Å²) in [5, 5.41) is 2.28. The molecule has 1 atom stereocenters. The zero-order valence-corrected chi connectivity index (χ0v) is 14.0. The second kappa shape index (κ2) is 7.26. The van der Waals surface area contributed by atoms with Gasteiger partial charge in [-0.05, 0) is 22.3 Å². The second-order valence-corrected chi connectivity index (χ2v) is 6.10. The fraction of sp³-hybridized carbons (Fsp3) is 0.211. The number of nitrogens with one attached hydrogen (secondary N) is 1. The molecule has 7 nitrogen and oxygen atoms in total. The lowest BCUT2D eigenvalue weighted by molar-refractivity contribution is -0.125. The van der Waals surface area contributed by atoms with E-state index < -0.39 is 23.9 Å². The van der Waals surface area contributed by atoms with Crippen LogP contribution in [0.5, 0.6) is 0 Å². The topological polar surface area (TPSA) is 125 Å². The number of rotatable bonds is 6. The summed E-state index contributed by atoms with van der Waals surface area (Å²) in [5.74, 6) is -1.69. The molecule has 3 rings (SSSR count). The lowest BCUT2D eigenvalue weighted by Crippen LogP contribution is -2.46. The molecule has 0 unspecified atom stereocenters. The lowest BCUT2D eigenvalue weighted by atomic mass is 9.98. The van der Waals surface area contributed by atoms with Crippen molar-refractivity contribution in [1.29, 1.82) is 0 Å². The average Bonchev–Trinajstić information content (AvgIpc) is 2.93. The molecule has 7 heteroatoms. The van der Waals surface area contributed by atoms with E-state index in [1.54, 1.807) is 0 Å². The Morgan fingerprint density at radius 3 is 2.00 bits per heavy atom. The van der Waals surface area contributed by atoms with Crippen molar-refractivity contribution < 1.29 is 19.1 Å². The van der Waals surface area contributed by atoms with Crippen molar-refractivity contribution >= 4 is 17.9 Å². The minimum atomic E-state index is -1.19. The zero-order chi connectivity index (χ0) is 18.7. The van der Waals surface area contributed by atoms with Gasteiger partial charge in [0.15, 0.2) is 0 Å². The van der Waals surface area contributed by atoms with Crippen molar-refractivity contribution in [1.82, 2.24) is 5.32 Å². The van der Waals surface area contributed by atoms with Crippen molar-refractivity contribution in [2.75, 3.05) is 6.61 Å². The van der Waals surface area contributed by atoms with E-state index in [1.807, 2.05) is 48.5 Å². The first-order valence-electron chi connectivity index (χ1n) is 8.16. The summed E-state index contributed by atoms with van der Waals surface area (Å²) in [6.45, 7) is 0.0991. The summed E-state index contributed by atoms with van der Waals surface area (Å²) in [4.78, 5) is 34.3. The van der Waals surface area contributed by atoms with Gasteiger partial charge in [-0.2, -0.15) is 0 Å². The van der Waals surface area contributed by atoms with Crippen LogP contribution >= 0.6 is 0 Å². The molecule has 0 fully saturated rings. The summed E-state index contributed by atoms with van der Waals surface area (Å²) in [5.41, 5.74) is 14.6. The van der Waals surface area contributed by atoms with Crippen molar-refractivity contribution in [3.05, 3.63) is 59.7 Å². The van der Waals surface area contributed by atoms with E-state index in [0.717, 1.165) is 22.3 Å². The van der Waals surface area contributed by atoms with Crippen LogP contribution in [0.4, 0.5) is 4.79 Å². The molecule has 0 heterocycles. The van der Waals surface area contributed by atoms with Gasteiger partial charge >= 0.3 is 6.09 Å². The average molecular weight is 353 g/mol. The van der Waals surface area contributed by atoms with Gasteiger partial charge in [0.1, 0.15) is 12.6 Å². The summed E-state index contributed by atoms with van der Waals surface area (Å²) in [6, 6.07) is 14.7. The number of alkyl carbamates (subject to hydrolysis) is 1. The summed E-state index contributed by atoms with van der Waals surface area (Å²) in [6.07, 6.45) is -1.20. The third-order valence-corrected chi connectivity index (χ3v) is 4.38. The van der Waals surface area contributed by atoms with Crippen molar-refractivity contribution in [3.8, 4) is 11.1 Å². The zero-order valence-electron chi connectivity index (χ0n) is 14.0. The van der Waals surface area contributed by atoms with E-state index >= 15 is 0 Å². The van der Waals surface area contributed by atoms with Crippen molar-refractivity contribution in [2.45, 2.75) is 18.4 Å². The first kappa shape index (κ1) is 17.5. The van der Waals surface area contributed by atoms with Gasteiger partial charge < -0.3 is 21.5 Å². The molecule has 0 saturated carbocycles. The van der Waals surface area contributed by atoms with E-state index in [4.69, 9.17) is 16.2 Å². The summed E-state index contributed by atoms with van der Waals surface area (Å²) < 4.78 is 5.29. The molecule has 0 aliphatic heterocycles. The molecule has 134 valence electrons. The monoisotopic (exact) mass is 353 g/mol. The maximum atomic E-state index is 12.0. The highest BCUT2D eigenvalue weighted by atomic mass is 16.5. The van der Waals surface area contributed by atoms with Crippen LogP contribution in [-0.4, -0.2) is 30.6 Å². The van der Waals surface area contributed by atoms with E-state index in [1.165, 1.54) is 0 Å². The van der Waals surface area contributed by atoms with Crippen LogP contribution in [0.2, 0.25) is 0 Å². The Labute approximate surface area is 150 Å². The molecule has 0 bridgehead atoms. The van der Waals surface area contributed by atoms with Gasteiger partial charge in [-0.25, -0.2) is 4.79 Å². The number of primary amides is 2. The van der Waals surface area contributed by atoms with Gasteiger partial charge in [-0.15, -0.1) is 0 Å². The Hall–Kier alpha value is -3.35. The quantitative estimate of drug-likeness (QED) is 0.723. The van der Waals surface area contributed by atoms with Gasteiger partial charge in [0, 0.05) is 5.92 Å². The van der Waals surface area contributed by atoms with Gasteiger partial charge in [0.25, 0.3) is 0 Å². The molecule has 0 spiro atoms. The number of hydrogen-bond donors (Lipinski definition) is 3. The molecule has 0 saturated heterocycles. The van der Waals surface area contributed by atoms with Crippen LogP contribution in [0, 0.1) is 0 Å². The van der Waals surface area contributed by atoms with E-state index in [2.05, 4.69) is 5.32 Å². The molecule has 2 aromatic carbocycles. The highest BCUT2D eigenvalue weighted by molar-refractivity contribution is 5.89. The van der Waals surface area contributed by atoms with Gasteiger partial charge in [-0.3, -0.25) is 9.59 Å². The molecule has 3 amide bonds. The molecule has 0 radical (unpaired) electrons. The number of nitrogens with two attached hydrogens (primary N) is 2. The fourth-order valence-electron chi connectivity index (χ4n) is 3.21.